The van der Waals surface area contributed by atoms with Crippen LogP contribution >= 0.6 is 0 Å². The maximum atomic E-state index is 12.7. The summed E-state index contributed by atoms with van der Waals surface area (Å²) in [5.41, 5.74) is 0.707. The summed E-state index contributed by atoms with van der Waals surface area (Å²) in [5, 5.41) is 3.16. The quantitative estimate of drug-likeness (QED) is 0.830. The molecular formula is C14H24N2O4S. The normalized spacial score (nSPS) is 19.9. The summed E-state index contributed by atoms with van der Waals surface area (Å²) in [6, 6.07) is -0.162. The molecule has 2 rings (SSSR count). The van der Waals surface area contributed by atoms with Crippen LogP contribution < -0.4 is 10.0 Å². The molecule has 1 fully saturated rings. The van der Waals surface area contributed by atoms with Gasteiger partial charge in [0.25, 0.3) is 0 Å². The lowest BCUT2D eigenvalue weighted by Crippen LogP contribution is -2.41. The Kier molecular flexibility index (Phi) is 5.43. The van der Waals surface area contributed by atoms with Gasteiger partial charge in [0.05, 0.1) is 6.61 Å². The number of furan rings is 1. The summed E-state index contributed by atoms with van der Waals surface area (Å²) < 4.78 is 38.9. The van der Waals surface area contributed by atoms with Crippen molar-refractivity contribution in [2.75, 3.05) is 19.8 Å². The second-order valence-corrected chi connectivity index (χ2v) is 6.99. The van der Waals surface area contributed by atoms with Gasteiger partial charge >= 0.3 is 0 Å². The molecule has 6 nitrogen and oxygen atoms in total. The lowest BCUT2D eigenvalue weighted by molar-refractivity contribution is 0.0774. The first kappa shape index (κ1) is 16.5. The van der Waals surface area contributed by atoms with Gasteiger partial charge in [0.15, 0.2) is 0 Å². The van der Waals surface area contributed by atoms with Crippen LogP contribution in [-0.4, -0.2) is 34.2 Å². The van der Waals surface area contributed by atoms with Crippen molar-refractivity contribution in [3.8, 4) is 0 Å². The number of nitrogens with one attached hydrogen (secondary N) is 2. The van der Waals surface area contributed by atoms with Crippen molar-refractivity contribution in [1.29, 1.82) is 0 Å². The fraction of sp³-hybridized carbons (Fsp3) is 0.714. The molecule has 1 aromatic rings. The average Bonchev–Trinajstić information content (AvgIpc) is 2.72. The first-order chi connectivity index (χ1) is 9.95. The van der Waals surface area contributed by atoms with E-state index in [2.05, 4.69) is 10.0 Å². The van der Waals surface area contributed by atoms with Crippen LogP contribution in [-0.2, 0) is 21.3 Å². The summed E-state index contributed by atoms with van der Waals surface area (Å²) in [7, 11) is -3.59. The van der Waals surface area contributed by atoms with Crippen LogP contribution in [0.5, 0.6) is 0 Å². The van der Waals surface area contributed by atoms with Gasteiger partial charge in [0, 0.05) is 24.8 Å². The summed E-state index contributed by atoms with van der Waals surface area (Å²) in [5.74, 6) is 1.08. The number of hydrogen-bond donors (Lipinski definition) is 2. The van der Waals surface area contributed by atoms with Crippen molar-refractivity contribution in [1.82, 2.24) is 10.0 Å². The minimum Gasteiger partial charge on any atom is -0.465 e. The van der Waals surface area contributed by atoms with Gasteiger partial charge < -0.3 is 14.5 Å². The van der Waals surface area contributed by atoms with E-state index in [1.54, 1.807) is 13.8 Å². The molecule has 1 saturated heterocycles. The second-order valence-electron chi connectivity index (χ2n) is 5.34. The van der Waals surface area contributed by atoms with E-state index >= 15 is 0 Å². The molecule has 0 radical (unpaired) electrons. The van der Waals surface area contributed by atoms with Crippen molar-refractivity contribution < 1.29 is 17.6 Å². The topological polar surface area (TPSA) is 80.6 Å². The molecule has 1 unspecified atom stereocenters. The van der Waals surface area contributed by atoms with Crippen LogP contribution in [0.4, 0.5) is 0 Å². The lowest BCUT2D eigenvalue weighted by Gasteiger charge is -2.23. The predicted octanol–water partition coefficient (Wildman–Crippen LogP) is 1.46. The summed E-state index contributed by atoms with van der Waals surface area (Å²) in [6.45, 7) is 7.85. The number of sulfonamides is 1. The minimum absolute atomic E-state index is 0.162. The highest BCUT2D eigenvalue weighted by molar-refractivity contribution is 7.89. The fourth-order valence-corrected chi connectivity index (χ4v) is 4.33. The zero-order valence-corrected chi connectivity index (χ0v) is 13.7. The van der Waals surface area contributed by atoms with Crippen LogP contribution in [0.2, 0.25) is 0 Å². The van der Waals surface area contributed by atoms with Crippen LogP contribution in [0.25, 0.3) is 0 Å². The van der Waals surface area contributed by atoms with E-state index in [4.69, 9.17) is 9.15 Å². The Hall–Kier alpha value is -0.890. The van der Waals surface area contributed by atoms with Crippen LogP contribution in [0.15, 0.2) is 9.31 Å². The van der Waals surface area contributed by atoms with E-state index < -0.39 is 10.0 Å². The van der Waals surface area contributed by atoms with Gasteiger partial charge in [-0.3, -0.25) is 0 Å². The molecular weight excluding hydrogens is 292 g/mol. The molecule has 0 spiro atoms. The standard InChI is InChI=1S/C14H24N2O4S/c1-4-15-8-13-10(2)20-11(3)14(13)21(17,18)16-12-6-5-7-19-9-12/h12,15-16H,4-9H2,1-3H3. The van der Waals surface area contributed by atoms with Crippen molar-refractivity contribution in [3.05, 3.63) is 17.1 Å². The molecule has 21 heavy (non-hydrogen) atoms. The lowest BCUT2D eigenvalue weighted by atomic mass is 10.1. The van der Waals surface area contributed by atoms with E-state index in [0.29, 0.717) is 36.8 Å². The Labute approximate surface area is 126 Å². The maximum Gasteiger partial charge on any atom is 0.244 e. The summed E-state index contributed by atoms with van der Waals surface area (Å²) in [4.78, 5) is 0.270. The van der Waals surface area contributed by atoms with E-state index in [1.165, 1.54) is 0 Å². The van der Waals surface area contributed by atoms with Crippen molar-refractivity contribution in [2.24, 2.45) is 0 Å². The molecule has 1 atom stereocenters. The highest BCUT2D eigenvalue weighted by atomic mass is 32.2. The largest absolute Gasteiger partial charge is 0.465 e. The predicted molar refractivity (Wildman–Crippen MR) is 79.7 cm³/mol. The molecule has 120 valence electrons. The van der Waals surface area contributed by atoms with Crippen LogP contribution in [0, 0.1) is 13.8 Å². The molecule has 0 bridgehead atoms. The average molecular weight is 316 g/mol. The SMILES string of the molecule is CCNCc1c(C)oc(C)c1S(=O)(=O)NC1CCCOC1. The molecule has 1 aliphatic rings. The molecule has 0 saturated carbocycles. The van der Waals surface area contributed by atoms with E-state index in [9.17, 15) is 8.42 Å². The molecule has 7 heteroatoms. The molecule has 1 aromatic heterocycles. The smallest absolute Gasteiger partial charge is 0.244 e. The van der Waals surface area contributed by atoms with E-state index in [0.717, 1.165) is 19.4 Å². The van der Waals surface area contributed by atoms with Gasteiger partial charge in [-0.2, -0.15) is 0 Å². The zero-order valence-electron chi connectivity index (χ0n) is 12.9. The molecule has 0 amide bonds. The molecule has 2 N–H and O–H groups in total. The Morgan fingerprint density at radius 1 is 1.29 bits per heavy atom. The molecule has 2 heterocycles. The first-order valence-corrected chi connectivity index (χ1v) is 8.83. The minimum atomic E-state index is -3.59. The highest BCUT2D eigenvalue weighted by Crippen LogP contribution is 2.27. The van der Waals surface area contributed by atoms with Gasteiger partial charge in [0.2, 0.25) is 10.0 Å². The third kappa shape index (κ3) is 3.85. The maximum absolute atomic E-state index is 12.7. The molecule has 0 aromatic carbocycles. The summed E-state index contributed by atoms with van der Waals surface area (Å²) in [6.07, 6.45) is 1.68. The van der Waals surface area contributed by atoms with Crippen LogP contribution in [0.1, 0.15) is 36.8 Å². The highest BCUT2D eigenvalue weighted by Gasteiger charge is 2.29. The molecule has 0 aliphatic carbocycles. The third-order valence-corrected chi connectivity index (χ3v) is 5.34. The van der Waals surface area contributed by atoms with Crippen molar-refractivity contribution in [3.63, 3.8) is 0 Å². The van der Waals surface area contributed by atoms with Gasteiger partial charge in [-0.1, -0.05) is 6.92 Å². The zero-order chi connectivity index (χ0) is 15.5. The van der Waals surface area contributed by atoms with Crippen molar-refractivity contribution >= 4 is 10.0 Å². The number of ether oxygens (including phenoxy) is 1. The Balaban J connectivity index is 2.25. The Morgan fingerprint density at radius 3 is 2.67 bits per heavy atom. The third-order valence-electron chi connectivity index (χ3n) is 3.63. The van der Waals surface area contributed by atoms with Gasteiger partial charge in [0.1, 0.15) is 16.4 Å². The van der Waals surface area contributed by atoms with Crippen LogP contribution in [0.3, 0.4) is 0 Å². The Bertz CT molecular complexity index is 574. The van der Waals surface area contributed by atoms with Gasteiger partial charge in [-0.05, 0) is 33.2 Å². The number of aryl methyl sites for hydroxylation is 2. The van der Waals surface area contributed by atoms with Gasteiger partial charge in [-0.15, -0.1) is 0 Å². The number of rotatable bonds is 6. The van der Waals surface area contributed by atoms with Gasteiger partial charge in [-0.25, -0.2) is 13.1 Å². The van der Waals surface area contributed by atoms with E-state index in [1.807, 2.05) is 6.92 Å². The number of hydrogen-bond acceptors (Lipinski definition) is 5. The fourth-order valence-electron chi connectivity index (χ4n) is 2.63. The first-order valence-electron chi connectivity index (χ1n) is 7.35. The van der Waals surface area contributed by atoms with Crippen molar-refractivity contribution in [2.45, 2.75) is 51.1 Å². The monoisotopic (exact) mass is 316 g/mol. The summed E-state index contributed by atoms with van der Waals surface area (Å²) >= 11 is 0. The Morgan fingerprint density at radius 2 is 2.05 bits per heavy atom. The van der Waals surface area contributed by atoms with E-state index in [-0.39, 0.29) is 10.9 Å². The second kappa shape index (κ2) is 6.91. The molecule has 1 aliphatic heterocycles.